The zero-order valence-electron chi connectivity index (χ0n) is 10.3. The maximum Gasteiger partial charge on any atom is 0.241 e. The normalized spacial score (nSPS) is 16.9. The zero-order valence-corrected chi connectivity index (χ0v) is 10.3. The van der Waals surface area contributed by atoms with Crippen LogP contribution in [0.25, 0.3) is 0 Å². The molecule has 4 nitrogen and oxygen atoms in total. The molecule has 0 N–H and O–H groups in total. The number of hydrogen-bond donors (Lipinski definition) is 0. The number of carbonyl (C=O) groups excluding carboxylic acids is 1. The summed E-state index contributed by atoms with van der Waals surface area (Å²) >= 11 is 0. The van der Waals surface area contributed by atoms with Crippen molar-refractivity contribution < 1.29 is 9.53 Å². The molecule has 1 saturated heterocycles. The van der Waals surface area contributed by atoms with E-state index in [9.17, 15) is 4.79 Å². The number of ether oxygens (including phenoxy) is 1. The van der Waals surface area contributed by atoms with Gasteiger partial charge in [0.15, 0.2) is 0 Å². The summed E-state index contributed by atoms with van der Waals surface area (Å²) in [4.78, 5) is 15.7. The fraction of sp³-hybridized carbons (Fsp3) is 0.462. The van der Waals surface area contributed by atoms with Crippen molar-refractivity contribution >= 4 is 11.6 Å². The first-order valence-electron chi connectivity index (χ1n) is 5.83. The van der Waals surface area contributed by atoms with Crippen molar-refractivity contribution in [2.75, 3.05) is 38.7 Å². The molecule has 0 radical (unpaired) electrons. The molecule has 0 aliphatic carbocycles. The second kappa shape index (κ2) is 5.08. The molecule has 1 amide bonds. The van der Waals surface area contributed by atoms with Crippen molar-refractivity contribution in [2.45, 2.75) is 6.42 Å². The van der Waals surface area contributed by atoms with E-state index >= 15 is 0 Å². The summed E-state index contributed by atoms with van der Waals surface area (Å²) in [5.74, 6) is 1.02. The van der Waals surface area contributed by atoms with Crippen LogP contribution >= 0.6 is 0 Å². The van der Waals surface area contributed by atoms with Crippen LogP contribution in [0.1, 0.15) is 6.42 Å². The summed E-state index contributed by atoms with van der Waals surface area (Å²) in [5.41, 5.74) is 1.08. The summed E-state index contributed by atoms with van der Waals surface area (Å²) in [6.45, 7) is 2.22. The first kappa shape index (κ1) is 11.8. The quantitative estimate of drug-likeness (QED) is 0.774. The van der Waals surface area contributed by atoms with Crippen molar-refractivity contribution in [2.24, 2.45) is 0 Å². The van der Waals surface area contributed by atoms with Gasteiger partial charge in [0.2, 0.25) is 5.91 Å². The van der Waals surface area contributed by atoms with E-state index in [2.05, 4.69) is 4.90 Å². The van der Waals surface area contributed by atoms with E-state index in [1.165, 1.54) is 0 Å². The zero-order chi connectivity index (χ0) is 12.3. The molecule has 0 unspecified atom stereocenters. The van der Waals surface area contributed by atoms with E-state index in [0.717, 1.165) is 30.9 Å². The Balaban J connectivity index is 2.12. The lowest BCUT2D eigenvalue weighted by atomic mass is 10.2. The highest BCUT2D eigenvalue weighted by atomic mass is 16.5. The Bertz CT molecular complexity index is 389. The molecule has 92 valence electrons. The number of carbonyl (C=O) groups is 1. The van der Waals surface area contributed by atoms with Gasteiger partial charge in [-0.3, -0.25) is 4.79 Å². The predicted molar refractivity (Wildman–Crippen MR) is 67.5 cm³/mol. The summed E-state index contributed by atoms with van der Waals surface area (Å²) in [5, 5.41) is 0. The number of hydrogen-bond acceptors (Lipinski definition) is 3. The Hall–Kier alpha value is -1.71. The highest BCUT2D eigenvalue weighted by Crippen LogP contribution is 2.20. The number of methoxy groups -OCH3 is 1. The van der Waals surface area contributed by atoms with Crippen LogP contribution in [0.5, 0.6) is 5.75 Å². The minimum absolute atomic E-state index is 0.179. The van der Waals surface area contributed by atoms with Crippen molar-refractivity contribution in [3.05, 3.63) is 24.3 Å². The standard InChI is InChI=1S/C13H18N2O2/c1-14-8-3-9-15(10-13(14)16)11-4-6-12(17-2)7-5-11/h4-7H,3,8-10H2,1-2H3. The summed E-state index contributed by atoms with van der Waals surface area (Å²) in [6, 6.07) is 7.84. The average Bonchev–Trinajstić information content (AvgIpc) is 2.52. The third-order valence-corrected chi connectivity index (χ3v) is 3.11. The number of nitrogens with zero attached hydrogens (tertiary/aromatic N) is 2. The summed E-state index contributed by atoms with van der Waals surface area (Å²) in [7, 11) is 3.51. The van der Waals surface area contributed by atoms with Gasteiger partial charge < -0.3 is 14.5 Å². The van der Waals surface area contributed by atoms with Crippen molar-refractivity contribution in [1.82, 2.24) is 4.90 Å². The molecule has 1 aromatic rings. The Morgan fingerprint density at radius 1 is 1.18 bits per heavy atom. The SMILES string of the molecule is COc1ccc(N2CCCN(C)C(=O)C2)cc1. The van der Waals surface area contributed by atoms with Crippen LogP contribution in [-0.2, 0) is 4.79 Å². The molecule has 4 heteroatoms. The summed E-state index contributed by atoms with van der Waals surface area (Å²) in [6.07, 6.45) is 1.01. The van der Waals surface area contributed by atoms with Gasteiger partial charge in [-0.1, -0.05) is 0 Å². The molecule has 0 atom stereocenters. The van der Waals surface area contributed by atoms with Crippen molar-refractivity contribution in [3.63, 3.8) is 0 Å². The molecule has 1 aliphatic heterocycles. The van der Waals surface area contributed by atoms with E-state index in [1.807, 2.05) is 31.3 Å². The van der Waals surface area contributed by atoms with E-state index < -0.39 is 0 Å². The maximum atomic E-state index is 11.8. The first-order chi connectivity index (χ1) is 8.20. The molecule has 2 rings (SSSR count). The Morgan fingerprint density at radius 3 is 2.53 bits per heavy atom. The second-order valence-corrected chi connectivity index (χ2v) is 4.29. The molecule has 17 heavy (non-hydrogen) atoms. The Labute approximate surface area is 102 Å². The fourth-order valence-corrected chi connectivity index (χ4v) is 2.00. The molecular weight excluding hydrogens is 216 g/mol. The van der Waals surface area contributed by atoms with Gasteiger partial charge in [-0.2, -0.15) is 0 Å². The van der Waals surface area contributed by atoms with Gasteiger partial charge in [0.1, 0.15) is 5.75 Å². The highest BCUT2D eigenvalue weighted by Gasteiger charge is 2.18. The largest absolute Gasteiger partial charge is 0.497 e. The van der Waals surface area contributed by atoms with Gasteiger partial charge in [0, 0.05) is 25.8 Å². The molecule has 1 fully saturated rings. The van der Waals surface area contributed by atoms with Gasteiger partial charge in [-0.25, -0.2) is 0 Å². The Kier molecular flexibility index (Phi) is 3.52. The smallest absolute Gasteiger partial charge is 0.241 e. The summed E-state index contributed by atoms with van der Waals surface area (Å²) < 4.78 is 5.13. The van der Waals surface area contributed by atoms with Gasteiger partial charge in [-0.05, 0) is 30.7 Å². The third kappa shape index (κ3) is 2.70. The third-order valence-electron chi connectivity index (χ3n) is 3.11. The van der Waals surface area contributed by atoms with Crippen LogP contribution in [0.2, 0.25) is 0 Å². The van der Waals surface area contributed by atoms with Crippen LogP contribution in [-0.4, -0.2) is 44.6 Å². The van der Waals surface area contributed by atoms with Crippen molar-refractivity contribution in [1.29, 1.82) is 0 Å². The van der Waals surface area contributed by atoms with Crippen LogP contribution in [0.3, 0.4) is 0 Å². The van der Waals surface area contributed by atoms with Crippen molar-refractivity contribution in [3.8, 4) is 5.75 Å². The maximum absolute atomic E-state index is 11.8. The lowest BCUT2D eigenvalue weighted by Crippen LogP contribution is -2.34. The molecule has 0 spiro atoms. The van der Waals surface area contributed by atoms with E-state index in [0.29, 0.717) is 6.54 Å². The van der Waals surface area contributed by atoms with Gasteiger partial charge in [0.05, 0.1) is 13.7 Å². The topological polar surface area (TPSA) is 32.8 Å². The van der Waals surface area contributed by atoms with Gasteiger partial charge in [-0.15, -0.1) is 0 Å². The number of anilines is 1. The number of benzene rings is 1. The lowest BCUT2D eigenvalue weighted by molar-refractivity contribution is -0.127. The van der Waals surface area contributed by atoms with Crippen LogP contribution in [0.4, 0.5) is 5.69 Å². The first-order valence-corrected chi connectivity index (χ1v) is 5.83. The molecule has 0 aromatic heterocycles. The van der Waals surface area contributed by atoms with E-state index in [4.69, 9.17) is 4.74 Å². The molecule has 1 heterocycles. The number of likely N-dealkylation sites (N-methyl/N-ethyl adjacent to an activating group) is 1. The molecule has 1 aliphatic rings. The van der Waals surface area contributed by atoms with E-state index in [-0.39, 0.29) is 5.91 Å². The molecule has 0 saturated carbocycles. The minimum atomic E-state index is 0.179. The number of amides is 1. The monoisotopic (exact) mass is 234 g/mol. The minimum Gasteiger partial charge on any atom is -0.497 e. The second-order valence-electron chi connectivity index (χ2n) is 4.29. The van der Waals surface area contributed by atoms with Crippen LogP contribution in [0, 0.1) is 0 Å². The van der Waals surface area contributed by atoms with E-state index in [1.54, 1.807) is 12.0 Å². The predicted octanol–water partition coefficient (Wildman–Crippen LogP) is 1.36. The fourth-order valence-electron chi connectivity index (χ4n) is 2.00. The molecule has 1 aromatic carbocycles. The average molecular weight is 234 g/mol. The van der Waals surface area contributed by atoms with Gasteiger partial charge in [0.25, 0.3) is 0 Å². The molecular formula is C13H18N2O2. The Morgan fingerprint density at radius 2 is 1.88 bits per heavy atom. The van der Waals surface area contributed by atoms with Gasteiger partial charge >= 0.3 is 0 Å². The van der Waals surface area contributed by atoms with Crippen LogP contribution < -0.4 is 9.64 Å². The lowest BCUT2D eigenvalue weighted by Gasteiger charge is -2.22. The van der Waals surface area contributed by atoms with Crippen LogP contribution in [0.15, 0.2) is 24.3 Å². The highest BCUT2D eigenvalue weighted by molar-refractivity contribution is 5.81. The number of rotatable bonds is 2. The molecule has 0 bridgehead atoms.